The SMILES string of the molecule is C=C(N)NC[C@H](N)C(=O)C(C)C. The van der Waals surface area contributed by atoms with Crippen molar-refractivity contribution < 1.29 is 4.79 Å². The smallest absolute Gasteiger partial charge is 0.153 e. The zero-order valence-corrected chi connectivity index (χ0v) is 7.63. The molecule has 12 heavy (non-hydrogen) atoms. The number of ketones is 1. The van der Waals surface area contributed by atoms with E-state index in [4.69, 9.17) is 11.5 Å². The Labute approximate surface area is 73.0 Å². The predicted octanol–water partition coefficient (Wildman–Crippen LogP) is -0.442. The molecule has 0 saturated carbocycles. The van der Waals surface area contributed by atoms with Gasteiger partial charge in [-0.1, -0.05) is 20.4 Å². The average molecular weight is 171 g/mol. The maximum Gasteiger partial charge on any atom is 0.153 e. The lowest BCUT2D eigenvalue weighted by Gasteiger charge is -2.13. The van der Waals surface area contributed by atoms with Crippen molar-refractivity contribution in [3.8, 4) is 0 Å². The molecule has 0 fully saturated rings. The highest BCUT2D eigenvalue weighted by atomic mass is 16.1. The Kier molecular flexibility index (Phi) is 4.36. The molecule has 0 aliphatic carbocycles. The molecule has 0 spiro atoms. The molecule has 0 aromatic heterocycles. The standard InChI is InChI=1S/C8H17N3O/c1-5(2)8(12)7(10)4-11-6(3)9/h5,7,11H,3-4,9-10H2,1-2H3/t7-/m0/s1. The third-order valence-corrected chi connectivity index (χ3v) is 1.48. The molecule has 0 aromatic carbocycles. The van der Waals surface area contributed by atoms with E-state index >= 15 is 0 Å². The van der Waals surface area contributed by atoms with Crippen LogP contribution in [0.4, 0.5) is 0 Å². The summed E-state index contributed by atoms with van der Waals surface area (Å²) in [7, 11) is 0. The third kappa shape index (κ3) is 3.98. The van der Waals surface area contributed by atoms with E-state index < -0.39 is 6.04 Å². The van der Waals surface area contributed by atoms with Gasteiger partial charge in [-0.25, -0.2) is 0 Å². The van der Waals surface area contributed by atoms with E-state index in [1.54, 1.807) is 0 Å². The molecule has 70 valence electrons. The lowest BCUT2D eigenvalue weighted by molar-refractivity contribution is -0.123. The van der Waals surface area contributed by atoms with E-state index in [1.165, 1.54) is 0 Å². The molecule has 1 atom stereocenters. The second kappa shape index (κ2) is 4.77. The van der Waals surface area contributed by atoms with E-state index in [1.807, 2.05) is 13.8 Å². The van der Waals surface area contributed by atoms with Crippen molar-refractivity contribution in [3.63, 3.8) is 0 Å². The normalized spacial score (nSPS) is 12.7. The molecule has 0 aromatic rings. The van der Waals surface area contributed by atoms with E-state index in [0.29, 0.717) is 12.4 Å². The molecular formula is C8H17N3O. The largest absolute Gasteiger partial charge is 0.386 e. The van der Waals surface area contributed by atoms with Gasteiger partial charge < -0.3 is 16.8 Å². The van der Waals surface area contributed by atoms with Crippen molar-refractivity contribution in [2.24, 2.45) is 17.4 Å². The summed E-state index contributed by atoms with van der Waals surface area (Å²) in [5.41, 5.74) is 10.8. The summed E-state index contributed by atoms with van der Waals surface area (Å²) in [6, 6.07) is -0.495. The van der Waals surface area contributed by atoms with Crippen LogP contribution in [0.25, 0.3) is 0 Å². The Balaban J connectivity index is 3.79. The molecule has 0 radical (unpaired) electrons. The topological polar surface area (TPSA) is 81.1 Å². The molecule has 4 nitrogen and oxygen atoms in total. The minimum atomic E-state index is -0.495. The van der Waals surface area contributed by atoms with Crippen LogP contribution in [0.1, 0.15) is 13.8 Å². The van der Waals surface area contributed by atoms with Gasteiger partial charge in [-0.2, -0.15) is 0 Å². The average Bonchev–Trinajstić information content (AvgIpc) is 1.98. The summed E-state index contributed by atoms with van der Waals surface area (Å²) in [5.74, 6) is 0.332. The second-order valence-electron chi connectivity index (χ2n) is 3.07. The van der Waals surface area contributed by atoms with E-state index in [-0.39, 0.29) is 11.7 Å². The summed E-state index contributed by atoms with van der Waals surface area (Å²) in [6.07, 6.45) is 0. The van der Waals surface area contributed by atoms with Crippen LogP contribution < -0.4 is 16.8 Å². The van der Waals surface area contributed by atoms with Crippen LogP contribution in [0, 0.1) is 5.92 Å². The fraction of sp³-hybridized carbons (Fsp3) is 0.625. The number of rotatable bonds is 5. The van der Waals surface area contributed by atoms with Crippen LogP contribution in [0.3, 0.4) is 0 Å². The lowest BCUT2D eigenvalue weighted by Crippen LogP contribution is -2.42. The van der Waals surface area contributed by atoms with Crippen molar-refractivity contribution >= 4 is 5.78 Å². The highest BCUT2D eigenvalue weighted by Gasteiger charge is 2.15. The van der Waals surface area contributed by atoms with Crippen LogP contribution in [0.15, 0.2) is 12.4 Å². The van der Waals surface area contributed by atoms with Gasteiger partial charge in [0.2, 0.25) is 0 Å². The third-order valence-electron chi connectivity index (χ3n) is 1.48. The molecule has 0 saturated heterocycles. The van der Waals surface area contributed by atoms with Gasteiger partial charge in [-0.05, 0) is 0 Å². The minimum Gasteiger partial charge on any atom is -0.386 e. The number of Topliss-reactive ketones (excluding diaryl/α,β-unsaturated/α-hetero) is 1. The molecule has 0 heterocycles. The molecule has 0 amide bonds. The Morgan fingerprint density at radius 2 is 2.08 bits per heavy atom. The van der Waals surface area contributed by atoms with Gasteiger partial charge in [-0.15, -0.1) is 0 Å². The van der Waals surface area contributed by atoms with Crippen LogP contribution in [-0.4, -0.2) is 18.4 Å². The van der Waals surface area contributed by atoms with Crippen LogP contribution in [0.2, 0.25) is 0 Å². The van der Waals surface area contributed by atoms with E-state index in [2.05, 4.69) is 11.9 Å². The zero-order valence-electron chi connectivity index (χ0n) is 7.63. The van der Waals surface area contributed by atoms with Crippen LogP contribution >= 0.6 is 0 Å². The van der Waals surface area contributed by atoms with E-state index in [9.17, 15) is 4.79 Å². The van der Waals surface area contributed by atoms with Gasteiger partial charge in [0.15, 0.2) is 5.78 Å². The molecular weight excluding hydrogens is 154 g/mol. The van der Waals surface area contributed by atoms with Gasteiger partial charge in [0, 0.05) is 12.5 Å². The van der Waals surface area contributed by atoms with Crippen molar-refractivity contribution in [2.75, 3.05) is 6.54 Å². The molecule has 0 bridgehead atoms. The van der Waals surface area contributed by atoms with E-state index in [0.717, 1.165) is 0 Å². The summed E-state index contributed by atoms with van der Waals surface area (Å²) < 4.78 is 0. The van der Waals surface area contributed by atoms with Crippen molar-refractivity contribution in [2.45, 2.75) is 19.9 Å². The fourth-order valence-corrected chi connectivity index (χ4v) is 0.770. The molecule has 5 N–H and O–H groups in total. The zero-order chi connectivity index (χ0) is 9.72. The molecule has 0 aliphatic rings. The highest BCUT2D eigenvalue weighted by Crippen LogP contribution is 1.96. The summed E-state index contributed by atoms with van der Waals surface area (Å²) >= 11 is 0. The Morgan fingerprint density at radius 1 is 1.58 bits per heavy atom. The van der Waals surface area contributed by atoms with Gasteiger partial charge in [0.1, 0.15) is 0 Å². The summed E-state index contributed by atoms with van der Waals surface area (Å²) in [4.78, 5) is 11.2. The number of carbonyl (C=O) groups excluding carboxylic acids is 1. The number of nitrogens with one attached hydrogen (secondary N) is 1. The number of carbonyl (C=O) groups is 1. The minimum absolute atomic E-state index is 0.0313. The van der Waals surface area contributed by atoms with Crippen molar-refractivity contribution in [3.05, 3.63) is 12.4 Å². The maximum atomic E-state index is 11.2. The number of nitrogens with two attached hydrogens (primary N) is 2. The first kappa shape index (κ1) is 11.0. The molecule has 0 rings (SSSR count). The van der Waals surface area contributed by atoms with Gasteiger partial charge >= 0.3 is 0 Å². The Bertz CT molecular complexity index is 177. The van der Waals surface area contributed by atoms with Crippen molar-refractivity contribution in [1.29, 1.82) is 0 Å². The highest BCUT2D eigenvalue weighted by molar-refractivity contribution is 5.85. The van der Waals surface area contributed by atoms with Gasteiger partial charge in [-0.3, -0.25) is 4.79 Å². The van der Waals surface area contributed by atoms with Gasteiger partial charge in [0.05, 0.1) is 11.9 Å². The molecule has 4 heteroatoms. The first-order valence-electron chi connectivity index (χ1n) is 3.92. The molecule has 0 unspecified atom stereocenters. The summed E-state index contributed by atoms with van der Waals surface area (Å²) in [5, 5.41) is 2.72. The van der Waals surface area contributed by atoms with Crippen molar-refractivity contribution in [1.82, 2.24) is 5.32 Å². The quantitative estimate of drug-likeness (QED) is 0.523. The Morgan fingerprint density at radius 3 is 2.42 bits per heavy atom. The number of hydrogen-bond donors (Lipinski definition) is 3. The first-order valence-corrected chi connectivity index (χ1v) is 3.92. The van der Waals surface area contributed by atoms with Crippen LogP contribution in [0.5, 0.6) is 0 Å². The first-order chi connectivity index (χ1) is 5.45. The maximum absolute atomic E-state index is 11.2. The Hall–Kier alpha value is -1.03. The lowest BCUT2D eigenvalue weighted by atomic mass is 10.0. The van der Waals surface area contributed by atoms with Crippen LogP contribution in [-0.2, 0) is 4.79 Å². The number of hydrogen-bond acceptors (Lipinski definition) is 4. The second-order valence-corrected chi connectivity index (χ2v) is 3.07. The summed E-state index contributed by atoms with van der Waals surface area (Å²) in [6.45, 7) is 7.42. The molecule has 0 aliphatic heterocycles. The fourth-order valence-electron chi connectivity index (χ4n) is 0.770. The monoisotopic (exact) mass is 171 g/mol. The van der Waals surface area contributed by atoms with Gasteiger partial charge in [0.25, 0.3) is 0 Å². The predicted molar refractivity (Wildman–Crippen MR) is 49.2 cm³/mol.